The van der Waals surface area contributed by atoms with Gasteiger partial charge in [0, 0.05) is 5.75 Å². The lowest BCUT2D eigenvalue weighted by Gasteiger charge is -2.54. The van der Waals surface area contributed by atoms with E-state index in [0.29, 0.717) is 0 Å². The van der Waals surface area contributed by atoms with E-state index in [1.54, 1.807) is 0 Å². The summed E-state index contributed by atoms with van der Waals surface area (Å²) >= 11 is 7.76. The van der Waals surface area contributed by atoms with Crippen molar-refractivity contribution in [3.63, 3.8) is 0 Å². The lowest BCUT2D eigenvalue weighted by molar-refractivity contribution is -0.0261. The van der Waals surface area contributed by atoms with Gasteiger partial charge in [0.1, 0.15) is 5.38 Å². The molecule has 1 unspecified atom stereocenters. The highest BCUT2D eigenvalue weighted by Crippen LogP contribution is 2.57. The van der Waals surface area contributed by atoms with E-state index in [-0.39, 0.29) is 5.38 Å². The molecule has 3 heteroatoms. The minimum Gasteiger partial charge on any atom is -0.197 e. The molecule has 4 saturated carbocycles. The first-order valence-corrected chi connectivity index (χ1v) is 8.46. The number of hydrogen-bond donors (Lipinski definition) is 0. The summed E-state index contributed by atoms with van der Waals surface area (Å²) in [6.45, 7) is 0. The Morgan fingerprint density at radius 3 is 2.24 bits per heavy atom. The van der Waals surface area contributed by atoms with Crippen LogP contribution >= 0.6 is 23.4 Å². The molecular formula is C14H20ClNS. The Labute approximate surface area is 113 Å². The maximum absolute atomic E-state index is 8.68. The van der Waals surface area contributed by atoms with E-state index in [4.69, 9.17) is 16.9 Å². The van der Waals surface area contributed by atoms with Crippen LogP contribution < -0.4 is 0 Å². The Hall–Kier alpha value is 0.130. The summed E-state index contributed by atoms with van der Waals surface area (Å²) < 4.78 is 0. The molecule has 0 N–H and O–H groups in total. The molecule has 0 aromatic rings. The summed E-state index contributed by atoms with van der Waals surface area (Å²) in [6.07, 6.45) is 7.54. The van der Waals surface area contributed by atoms with Crippen molar-refractivity contribution in [1.82, 2.24) is 0 Å². The smallest absolute Gasteiger partial charge is 0.129 e. The molecule has 0 radical (unpaired) electrons. The number of hydrogen-bond acceptors (Lipinski definition) is 2. The standard InChI is InChI=1S/C14H20ClNS/c15-13(6-16)7-17-8-14-11-2-9-1-10(4-11)5-12(14)3-9/h9-14H,1-5,7-8H2. The van der Waals surface area contributed by atoms with Gasteiger partial charge in [-0.3, -0.25) is 0 Å². The maximum Gasteiger partial charge on any atom is 0.129 e. The number of nitriles is 1. The molecule has 1 atom stereocenters. The average molecular weight is 270 g/mol. The van der Waals surface area contributed by atoms with Gasteiger partial charge < -0.3 is 0 Å². The largest absolute Gasteiger partial charge is 0.197 e. The molecule has 4 fully saturated rings. The second kappa shape index (κ2) is 5.02. The fourth-order valence-corrected chi connectivity index (χ4v) is 6.16. The first-order valence-electron chi connectivity index (χ1n) is 6.87. The van der Waals surface area contributed by atoms with Crippen molar-refractivity contribution >= 4 is 23.4 Å². The van der Waals surface area contributed by atoms with Gasteiger partial charge in [0.15, 0.2) is 0 Å². The van der Waals surface area contributed by atoms with Crippen LogP contribution in [0.2, 0.25) is 0 Å². The van der Waals surface area contributed by atoms with Gasteiger partial charge in [0.05, 0.1) is 6.07 Å². The highest BCUT2D eigenvalue weighted by atomic mass is 35.5. The summed E-state index contributed by atoms with van der Waals surface area (Å²) in [6, 6.07) is 2.11. The molecule has 4 rings (SSSR count). The molecule has 0 amide bonds. The number of nitrogens with zero attached hydrogens (tertiary/aromatic N) is 1. The van der Waals surface area contributed by atoms with Crippen LogP contribution in [0.4, 0.5) is 0 Å². The second-order valence-corrected chi connectivity index (χ2v) is 7.83. The van der Waals surface area contributed by atoms with E-state index in [9.17, 15) is 0 Å². The molecule has 17 heavy (non-hydrogen) atoms. The molecule has 0 aromatic carbocycles. The average Bonchev–Trinajstić information content (AvgIpc) is 2.31. The lowest BCUT2D eigenvalue weighted by atomic mass is 9.52. The summed E-state index contributed by atoms with van der Waals surface area (Å²) in [5.41, 5.74) is 0. The van der Waals surface area contributed by atoms with E-state index < -0.39 is 0 Å². The van der Waals surface area contributed by atoms with Crippen molar-refractivity contribution in [2.45, 2.75) is 37.5 Å². The van der Waals surface area contributed by atoms with Gasteiger partial charge in [-0.1, -0.05) is 0 Å². The lowest BCUT2D eigenvalue weighted by Crippen LogP contribution is -2.46. The molecular weight excluding hydrogens is 250 g/mol. The van der Waals surface area contributed by atoms with Crippen LogP contribution in [0.15, 0.2) is 0 Å². The zero-order valence-corrected chi connectivity index (χ0v) is 11.7. The minimum absolute atomic E-state index is 0.295. The number of thioether (sulfide) groups is 1. The van der Waals surface area contributed by atoms with Crippen molar-refractivity contribution in [1.29, 1.82) is 5.26 Å². The number of halogens is 1. The van der Waals surface area contributed by atoms with E-state index in [0.717, 1.165) is 35.3 Å². The third-order valence-corrected chi connectivity index (χ3v) is 6.76. The predicted molar refractivity (Wildman–Crippen MR) is 73.1 cm³/mol. The molecule has 4 bridgehead atoms. The van der Waals surface area contributed by atoms with Crippen molar-refractivity contribution in [3.05, 3.63) is 0 Å². The Kier molecular flexibility index (Phi) is 3.59. The van der Waals surface area contributed by atoms with Crippen LogP contribution in [0.5, 0.6) is 0 Å². The first kappa shape index (κ1) is 12.2. The predicted octanol–water partition coefficient (Wildman–Crippen LogP) is 3.92. The number of alkyl halides is 1. The Balaban J connectivity index is 1.53. The molecule has 0 spiro atoms. The van der Waals surface area contributed by atoms with Gasteiger partial charge in [-0.25, -0.2) is 0 Å². The summed E-state index contributed by atoms with van der Waals surface area (Å²) in [5, 5.41) is 8.38. The molecule has 0 saturated heterocycles. The topological polar surface area (TPSA) is 23.8 Å². The Morgan fingerprint density at radius 1 is 1.12 bits per heavy atom. The van der Waals surface area contributed by atoms with E-state index in [1.165, 1.54) is 37.9 Å². The molecule has 94 valence electrons. The van der Waals surface area contributed by atoms with Gasteiger partial charge in [-0.2, -0.15) is 17.0 Å². The highest BCUT2D eigenvalue weighted by Gasteiger charge is 2.47. The Bertz CT molecular complexity index is 297. The van der Waals surface area contributed by atoms with Gasteiger partial charge in [0.25, 0.3) is 0 Å². The van der Waals surface area contributed by atoms with Gasteiger partial charge in [-0.15, -0.1) is 11.6 Å². The van der Waals surface area contributed by atoms with Crippen LogP contribution in [-0.4, -0.2) is 16.9 Å². The summed E-state index contributed by atoms with van der Waals surface area (Å²) in [5.74, 6) is 7.15. The molecule has 0 aromatic heterocycles. The van der Waals surface area contributed by atoms with E-state index in [2.05, 4.69) is 6.07 Å². The van der Waals surface area contributed by atoms with Crippen LogP contribution in [0, 0.1) is 40.9 Å². The zero-order valence-electron chi connectivity index (χ0n) is 10.1. The van der Waals surface area contributed by atoms with Crippen LogP contribution in [0.3, 0.4) is 0 Å². The SMILES string of the molecule is N#CC(Cl)CSCC1C2CC3CC(C2)CC1C3. The number of rotatable bonds is 4. The fraction of sp³-hybridized carbons (Fsp3) is 0.929. The van der Waals surface area contributed by atoms with Crippen LogP contribution in [-0.2, 0) is 0 Å². The third kappa shape index (κ3) is 2.47. The van der Waals surface area contributed by atoms with Crippen LogP contribution in [0.1, 0.15) is 32.1 Å². The van der Waals surface area contributed by atoms with E-state index >= 15 is 0 Å². The van der Waals surface area contributed by atoms with Crippen molar-refractivity contribution < 1.29 is 0 Å². The van der Waals surface area contributed by atoms with Gasteiger partial charge in [0.2, 0.25) is 0 Å². The normalized spacial score (nSPS) is 44.6. The zero-order chi connectivity index (χ0) is 11.8. The summed E-state index contributed by atoms with van der Waals surface area (Å²) in [7, 11) is 0. The highest BCUT2D eigenvalue weighted by molar-refractivity contribution is 7.99. The molecule has 1 nitrogen and oxygen atoms in total. The second-order valence-electron chi connectivity index (χ2n) is 6.23. The maximum atomic E-state index is 8.68. The van der Waals surface area contributed by atoms with Crippen molar-refractivity contribution in [2.24, 2.45) is 29.6 Å². The van der Waals surface area contributed by atoms with Gasteiger partial charge in [-0.05, 0) is 67.4 Å². The third-order valence-electron chi connectivity index (χ3n) is 5.14. The Morgan fingerprint density at radius 2 is 1.71 bits per heavy atom. The summed E-state index contributed by atoms with van der Waals surface area (Å²) in [4.78, 5) is 0. The van der Waals surface area contributed by atoms with Crippen LogP contribution in [0.25, 0.3) is 0 Å². The fourth-order valence-electron chi connectivity index (χ4n) is 4.65. The molecule has 0 heterocycles. The monoisotopic (exact) mass is 269 g/mol. The quantitative estimate of drug-likeness (QED) is 0.722. The molecule has 4 aliphatic rings. The van der Waals surface area contributed by atoms with Gasteiger partial charge >= 0.3 is 0 Å². The molecule has 0 aliphatic heterocycles. The minimum atomic E-state index is -0.295. The van der Waals surface area contributed by atoms with E-state index in [1.807, 2.05) is 11.8 Å². The van der Waals surface area contributed by atoms with Crippen molar-refractivity contribution in [3.8, 4) is 6.07 Å². The molecule has 4 aliphatic carbocycles. The van der Waals surface area contributed by atoms with Crippen molar-refractivity contribution in [2.75, 3.05) is 11.5 Å². The first-order chi connectivity index (χ1) is 8.26.